The number of carbonyl (C=O) groups is 3. The van der Waals surface area contributed by atoms with E-state index in [-0.39, 0.29) is 18.6 Å². The number of ketones is 1. The number of methoxy groups -OCH3 is 1. The molecule has 0 aliphatic heterocycles. The Hall–Kier alpha value is -2.86. The lowest BCUT2D eigenvalue weighted by molar-refractivity contribution is -0.147. The molecule has 0 aliphatic carbocycles. The van der Waals surface area contributed by atoms with E-state index in [4.69, 9.17) is 21.1 Å². The summed E-state index contributed by atoms with van der Waals surface area (Å²) in [6.45, 7) is -0.464. The Bertz CT molecular complexity index is 792. The topological polar surface area (TPSA) is 81.7 Å². The lowest BCUT2D eigenvalue weighted by Crippen LogP contribution is -2.21. The van der Waals surface area contributed by atoms with Crippen molar-refractivity contribution in [1.82, 2.24) is 0 Å². The zero-order chi connectivity index (χ0) is 18.9. The Kier molecular flexibility index (Phi) is 7.17. The van der Waals surface area contributed by atoms with Crippen LogP contribution in [0, 0.1) is 0 Å². The number of amides is 1. The van der Waals surface area contributed by atoms with Gasteiger partial charge in [-0.2, -0.15) is 0 Å². The summed E-state index contributed by atoms with van der Waals surface area (Å²) in [5, 5.41) is 2.98. The van der Waals surface area contributed by atoms with Crippen molar-refractivity contribution in [2.45, 2.75) is 12.8 Å². The number of hydrogen-bond donors (Lipinski definition) is 1. The summed E-state index contributed by atoms with van der Waals surface area (Å²) in [4.78, 5) is 35.5. The molecule has 0 spiro atoms. The number of ether oxygens (including phenoxy) is 2. The molecule has 2 aromatic rings. The highest BCUT2D eigenvalue weighted by Gasteiger charge is 2.13. The minimum Gasteiger partial charge on any atom is -0.495 e. The van der Waals surface area contributed by atoms with Crippen LogP contribution in [0.3, 0.4) is 0 Å². The summed E-state index contributed by atoms with van der Waals surface area (Å²) in [6.07, 6.45) is -0.0753. The molecule has 6 nitrogen and oxygen atoms in total. The van der Waals surface area contributed by atoms with Crippen LogP contribution >= 0.6 is 11.6 Å². The van der Waals surface area contributed by atoms with Crippen LogP contribution in [-0.4, -0.2) is 31.4 Å². The second-order valence-corrected chi connectivity index (χ2v) is 5.78. The van der Waals surface area contributed by atoms with Gasteiger partial charge in [0.15, 0.2) is 12.4 Å². The van der Waals surface area contributed by atoms with E-state index in [1.165, 1.54) is 13.2 Å². The smallest absolute Gasteiger partial charge is 0.306 e. The van der Waals surface area contributed by atoms with Crippen LogP contribution < -0.4 is 10.1 Å². The fourth-order valence-corrected chi connectivity index (χ4v) is 2.34. The normalized spacial score (nSPS) is 10.1. The number of hydrogen-bond acceptors (Lipinski definition) is 5. The molecule has 0 unspecified atom stereocenters. The van der Waals surface area contributed by atoms with Gasteiger partial charge in [0.05, 0.1) is 19.2 Å². The van der Waals surface area contributed by atoms with Gasteiger partial charge in [0.25, 0.3) is 5.91 Å². The van der Waals surface area contributed by atoms with E-state index >= 15 is 0 Å². The zero-order valence-electron chi connectivity index (χ0n) is 14.2. The van der Waals surface area contributed by atoms with Crippen LogP contribution in [0.1, 0.15) is 23.2 Å². The second-order valence-electron chi connectivity index (χ2n) is 5.34. The van der Waals surface area contributed by atoms with E-state index < -0.39 is 18.5 Å². The molecular formula is C19H18ClNO5. The Labute approximate surface area is 156 Å². The standard InChI is InChI=1S/C19H18ClNO5/c1-25-17-9-7-14(20)11-15(17)21-18(23)12-26-19(24)10-8-16(22)13-5-3-2-4-6-13/h2-7,9,11H,8,10,12H2,1H3,(H,21,23). The molecule has 2 aromatic carbocycles. The predicted octanol–water partition coefficient (Wildman–Crippen LogP) is 3.49. The minimum atomic E-state index is -0.623. The first-order valence-corrected chi connectivity index (χ1v) is 8.24. The second kappa shape index (κ2) is 9.58. The monoisotopic (exact) mass is 375 g/mol. The first-order valence-electron chi connectivity index (χ1n) is 7.87. The summed E-state index contributed by atoms with van der Waals surface area (Å²) in [5.41, 5.74) is 0.909. The van der Waals surface area contributed by atoms with Crippen LogP contribution in [-0.2, 0) is 14.3 Å². The maximum absolute atomic E-state index is 11.9. The van der Waals surface area contributed by atoms with E-state index in [0.717, 1.165) is 0 Å². The molecule has 136 valence electrons. The zero-order valence-corrected chi connectivity index (χ0v) is 14.9. The molecule has 7 heteroatoms. The molecule has 1 N–H and O–H groups in total. The number of anilines is 1. The maximum atomic E-state index is 11.9. The third-order valence-electron chi connectivity index (χ3n) is 3.45. The first kappa shape index (κ1) is 19.5. The number of Topliss-reactive ketones (excluding diaryl/α,β-unsaturated/α-hetero) is 1. The molecule has 0 atom stereocenters. The van der Waals surface area contributed by atoms with Gasteiger partial charge >= 0.3 is 5.97 Å². The predicted molar refractivity (Wildman–Crippen MR) is 97.6 cm³/mol. The average Bonchev–Trinajstić information content (AvgIpc) is 2.65. The van der Waals surface area contributed by atoms with E-state index in [0.29, 0.717) is 22.0 Å². The van der Waals surface area contributed by atoms with Gasteiger partial charge in [-0.1, -0.05) is 41.9 Å². The molecule has 0 radical (unpaired) electrons. The molecule has 0 aliphatic rings. The van der Waals surface area contributed by atoms with Crippen molar-refractivity contribution in [2.75, 3.05) is 19.0 Å². The molecule has 0 bridgehead atoms. The van der Waals surface area contributed by atoms with Crippen molar-refractivity contribution >= 4 is 34.9 Å². The van der Waals surface area contributed by atoms with Gasteiger partial charge < -0.3 is 14.8 Å². The number of nitrogens with one attached hydrogen (secondary N) is 1. The van der Waals surface area contributed by atoms with E-state index in [1.807, 2.05) is 0 Å². The van der Waals surface area contributed by atoms with Crippen molar-refractivity contribution in [3.8, 4) is 5.75 Å². The minimum absolute atomic E-state index is 0.0204. The molecule has 0 saturated heterocycles. The van der Waals surface area contributed by atoms with Gasteiger partial charge in [-0.15, -0.1) is 0 Å². The van der Waals surface area contributed by atoms with Crippen molar-refractivity contribution in [2.24, 2.45) is 0 Å². The largest absolute Gasteiger partial charge is 0.495 e. The highest BCUT2D eigenvalue weighted by Crippen LogP contribution is 2.27. The van der Waals surface area contributed by atoms with Crippen molar-refractivity contribution in [1.29, 1.82) is 0 Å². The average molecular weight is 376 g/mol. The van der Waals surface area contributed by atoms with Gasteiger partial charge in [-0.3, -0.25) is 14.4 Å². The fourth-order valence-electron chi connectivity index (χ4n) is 2.17. The Morgan fingerprint density at radius 1 is 1.04 bits per heavy atom. The van der Waals surface area contributed by atoms with Crippen molar-refractivity contribution in [3.63, 3.8) is 0 Å². The summed E-state index contributed by atoms with van der Waals surface area (Å²) in [6, 6.07) is 13.4. The molecule has 0 heterocycles. The number of benzene rings is 2. The lowest BCUT2D eigenvalue weighted by Gasteiger charge is -2.10. The maximum Gasteiger partial charge on any atom is 0.306 e. The molecule has 0 aromatic heterocycles. The van der Waals surface area contributed by atoms with Crippen molar-refractivity contribution in [3.05, 3.63) is 59.1 Å². The van der Waals surface area contributed by atoms with Gasteiger partial charge in [-0.25, -0.2) is 0 Å². The molecule has 0 saturated carbocycles. The number of halogens is 1. The quantitative estimate of drug-likeness (QED) is 0.564. The molecule has 26 heavy (non-hydrogen) atoms. The third-order valence-corrected chi connectivity index (χ3v) is 3.69. The van der Waals surface area contributed by atoms with Crippen LogP contribution in [0.5, 0.6) is 5.75 Å². The van der Waals surface area contributed by atoms with Gasteiger partial charge in [0, 0.05) is 17.0 Å². The number of rotatable bonds is 8. The van der Waals surface area contributed by atoms with Crippen LogP contribution in [0.15, 0.2) is 48.5 Å². The van der Waals surface area contributed by atoms with E-state index in [9.17, 15) is 14.4 Å². The highest BCUT2D eigenvalue weighted by atomic mass is 35.5. The van der Waals surface area contributed by atoms with Crippen molar-refractivity contribution < 1.29 is 23.9 Å². The summed E-state index contributed by atoms with van der Waals surface area (Å²) in [7, 11) is 1.46. The summed E-state index contributed by atoms with van der Waals surface area (Å²) in [5.74, 6) is -0.881. The summed E-state index contributed by atoms with van der Waals surface area (Å²) >= 11 is 5.88. The summed E-state index contributed by atoms with van der Waals surface area (Å²) < 4.78 is 10.0. The first-order chi connectivity index (χ1) is 12.5. The van der Waals surface area contributed by atoms with Gasteiger partial charge in [0.1, 0.15) is 5.75 Å². The Morgan fingerprint density at radius 2 is 1.77 bits per heavy atom. The van der Waals surface area contributed by atoms with E-state index in [2.05, 4.69) is 5.32 Å². The fraction of sp³-hybridized carbons (Fsp3) is 0.211. The van der Waals surface area contributed by atoms with Crippen LogP contribution in [0.4, 0.5) is 5.69 Å². The lowest BCUT2D eigenvalue weighted by atomic mass is 10.1. The van der Waals surface area contributed by atoms with Crippen LogP contribution in [0.2, 0.25) is 5.02 Å². The Balaban J connectivity index is 1.77. The molecule has 2 rings (SSSR count). The molecule has 0 fully saturated rings. The van der Waals surface area contributed by atoms with Gasteiger partial charge in [-0.05, 0) is 18.2 Å². The third kappa shape index (κ3) is 5.89. The molecule has 1 amide bonds. The van der Waals surface area contributed by atoms with Gasteiger partial charge in [0.2, 0.25) is 0 Å². The number of carbonyl (C=O) groups excluding carboxylic acids is 3. The number of esters is 1. The SMILES string of the molecule is COc1ccc(Cl)cc1NC(=O)COC(=O)CCC(=O)c1ccccc1. The Morgan fingerprint density at radius 3 is 2.46 bits per heavy atom. The highest BCUT2D eigenvalue weighted by molar-refractivity contribution is 6.31. The van der Waals surface area contributed by atoms with E-state index in [1.54, 1.807) is 42.5 Å². The molecular weight excluding hydrogens is 358 g/mol. The van der Waals surface area contributed by atoms with Crippen LogP contribution in [0.25, 0.3) is 0 Å².